The Labute approximate surface area is 194 Å². The van der Waals surface area contributed by atoms with Gasteiger partial charge in [0.15, 0.2) is 0 Å². The van der Waals surface area contributed by atoms with Crippen LogP contribution in [0.4, 0.5) is 4.39 Å². The van der Waals surface area contributed by atoms with Gasteiger partial charge in [0, 0.05) is 19.6 Å². The van der Waals surface area contributed by atoms with Crippen molar-refractivity contribution < 1.29 is 22.4 Å². The minimum atomic E-state index is -3.84. The Bertz CT molecular complexity index is 1070. The Morgan fingerprint density at radius 3 is 2.39 bits per heavy atom. The molecule has 1 N–H and O–H groups in total. The van der Waals surface area contributed by atoms with E-state index in [0.29, 0.717) is 12.8 Å². The number of nitrogens with one attached hydrogen (secondary N) is 1. The first-order valence-corrected chi connectivity index (χ1v) is 12.5. The van der Waals surface area contributed by atoms with Crippen LogP contribution in [0.2, 0.25) is 0 Å². The lowest BCUT2D eigenvalue weighted by Gasteiger charge is -2.36. The molecule has 0 aliphatic carbocycles. The van der Waals surface area contributed by atoms with Gasteiger partial charge in [-0.05, 0) is 56.5 Å². The first kappa shape index (κ1) is 24.9. The number of benzene rings is 2. The molecule has 2 aromatic carbocycles. The SMILES string of the molecule is CCN(CC(=O)NCc1ccc(F)cc1)C(=O)[C@H]1CCCCN1S(=O)(=O)c1ccc(C)cc1. The van der Waals surface area contributed by atoms with Crippen molar-refractivity contribution >= 4 is 21.8 Å². The Morgan fingerprint density at radius 2 is 1.76 bits per heavy atom. The van der Waals surface area contributed by atoms with Crippen LogP contribution in [0.5, 0.6) is 0 Å². The number of sulfonamides is 1. The molecule has 1 aliphatic rings. The number of piperidine rings is 1. The average molecular weight is 476 g/mol. The Hall–Kier alpha value is -2.78. The maximum absolute atomic E-state index is 13.3. The van der Waals surface area contributed by atoms with Crippen molar-refractivity contribution in [1.82, 2.24) is 14.5 Å². The topological polar surface area (TPSA) is 86.8 Å². The zero-order chi connectivity index (χ0) is 24.0. The fourth-order valence-corrected chi connectivity index (χ4v) is 5.52. The standard InChI is InChI=1S/C24H30FN3O4S/c1-3-27(17-23(29)26-16-19-9-11-20(25)12-10-19)24(30)22-6-4-5-15-28(22)33(31,32)21-13-7-18(2)8-14-21/h7-14,22H,3-6,15-17H2,1-2H3,(H,26,29)/t22-/m1/s1. The summed E-state index contributed by atoms with van der Waals surface area (Å²) in [6, 6.07) is 11.5. The molecule has 33 heavy (non-hydrogen) atoms. The number of carbonyl (C=O) groups excluding carboxylic acids is 2. The Kier molecular flexibility index (Phi) is 8.20. The first-order valence-electron chi connectivity index (χ1n) is 11.1. The second-order valence-corrected chi connectivity index (χ2v) is 10.1. The number of nitrogens with zero attached hydrogens (tertiary/aromatic N) is 2. The second-order valence-electron chi connectivity index (χ2n) is 8.20. The molecule has 0 unspecified atom stereocenters. The van der Waals surface area contributed by atoms with Crippen LogP contribution in [0.1, 0.15) is 37.3 Å². The fraction of sp³-hybridized carbons (Fsp3) is 0.417. The Morgan fingerprint density at radius 1 is 1.09 bits per heavy atom. The Balaban J connectivity index is 1.69. The highest BCUT2D eigenvalue weighted by atomic mass is 32.2. The second kappa shape index (κ2) is 10.9. The van der Waals surface area contributed by atoms with Gasteiger partial charge in [-0.1, -0.05) is 36.2 Å². The number of rotatable bonds is 8. The van der Waals surface area contributed by atoms with E-state index in [1.165, 1.54) is 21.3 Å². The summed E-state index contributed by atoms with van der Waals surface area (Å²) in [5, 5.41) is 2.73. The summed E-state index contributed by atoms with van der Waals surface area (Å²) in [5.41, 5.74) is 1.69. The smallest absolute Gasteiger partial charge is 0.243 e. The third-order valence-corrected chi connectivity index (χ3v) is 7.72. The summed E-state index contributed by atoms with van der Waals surface area (Å²) in [5.74, 6) is -1.09. The molecule has 0 spiro atoms. The van der Waals surface area contributed by atoms with Gasteiger partial charge in [0.1, 0.15) is 11.9 Å². The van der Waals surface area contributed by atoms with Gasteiger partial charge in [0.2, 0.25) is 21.8 Å². The molecule has 0 aromatic heterocycles. The van der Waals surface area contributed by atoms with Crippen LogP contribution in [-0.4, -0.2) is 55.1 Å². The summed E-state index contributed by atoms with van der Waals surface area (Å²) >= 11 is 0. The van der Waals surface area contributed by atoms with E-state index in [4.69, 9.17) is 0 Å². The largest absolute Gasteiger partial charge is 0.350 e. The number of aryl methyl sites for hydroxylation is 1. The third-order valence-electron chi connectivity index (χ3n) is 5.80. The third kappa shape index (κ3) is 6.17. The number of hydrogen-bond acceptors (Lipinski definition) is 4. The number of hydrogen-bond donors (Lipinski definition) is 1. The van der Waals surface area contributed by atoms with Gasteiger partial charge in [0.25, 0.3) is 0 Å². The molecule has 1 heterocycles. The summed E-state index contributed by atoms with van der Waals surface area (Å²) < 4.78 is 40.9. The predicted octanol–water partition coefficient (Wildman–Crippen LogP) is 2.84. The van der Waals surface area contributed by atoms with Gasteiger partial charge in [-0.3, -0.25) is 9.59 Å². The lowest BCUT2D eigenvalue weighted by Crippen LogP contribution is -2.54. The highest BCUT2D eigenvalue weighted by Gasteiger charge is 2.39. The average Bonchev–Trinajstić information content (AvgIpc) is 2.82. The zero-order valence-electron chi connectivity index (χ0n) is 19.0. The molecule has 0 bridgehead atoms. The van der Waals surface area contributed by atoms with Gasteiger partial charge < -0.3 is 10.2 Å². The monoisotopic (exact) mass is 475 g/mol. The van der Waals surface area contributed by atoms with Crippen molar-refractivity contribution in [1.29, 1.82) is 0 Å². The fourth-order valence-electron chi connectivity index (χ4n) is 3.87. The number of carbonyl (C=O) groups is 2. The molecule has 0 saturated carbocycles. The molecule has 1 saturated heterocycles. The molecule has 2 aromatic rings. The summed E-state index contributed by atoms with van der Waals surface area (Å²) in [7, 11) is -3.84. The van der Waals surface area contributed by atoms with E-state index < -0.39 is 16.1 Å². The lowest BCUT2D eigenvalue weighted by atomic mass is 10.0. The molecule has 7 nitrogen and oxygen atoms in total. The van der Waals surface area contributed by atoms with Crippen LogP contribution < -0.4 is 5.32 Å². The van der Waals surface area contributed by atoms with Gasteiger partial charge in [0.05, 0.1) is 11.4 Å². The van der Waals surface area contributed by atoms with Crippen molar-refractivity contribution in [2.45, 2.75) is 50.6 Å². The number of halogens is 1. The predicted molar refractivity (Wildman–Crippen MR) is 123 cm³/mol. The van der Waals surface area contributed by atoms with Crippen molar-refractivity contribution in [2.75, 3.05) is 19.6 Å². The summed E-state index contributed by atoms with van der Waals surface area (Å²) in [6.07, 6.45) is 1.83. The van der Waals surface area contributed by atoms with Crippen LogP contribution in [0.3, 0.4) is 0 Å². The van der Waals surface area contributed by atoms with Crippen molar-refractivity contribution in [3.63, 3.8) is 0 Å². The van der Waals surface area contributed by atoms with Crippen molar-refractivity contribution in [3.8, 4) is 0 Å². The maximum atomic E-state index is 13.3. The van der Waals surface area contributed by atoms with Crippen molar-refractivity contribution in [3.05, 3.63) is 65.5 Å². The molecule has 1 atom stereocenters. The highest BCUT2D eigenvalue weighted by Crippen LogP contribution is 2.27. The molecule has 0 radical (unpaired) electrons. The van der Waals surface area contributed by atoms with E-state index in [2.05, 4.69) is 5.32 Å². The minimum Gasteiger partial charge on any atom is -0.350 e. The molecule has 1 fully saturated rings. The molecule has 178 valence electrons. The van der Waals surface area contributed by atoms with Gasteiger partial charge in [-0.2, -0.15) is 4.31 Å². The zero-order valence-corrected chi connectivity index (χ0v) is 19.8. The van der Waals surface area contributed by atoms with Gasteiger partial charge in [-0.25, -0.2) is 12.8 Å². The number of amides is 2. The van der Waals surface area contributed by atoms with E-state index in [9.17, 15) is 22.4 Å². The van der Waals surface area contributed by atoms with Crippen LogP contribution >= 0.6 is 0 Å². The molecule has 3 rings (SSSR count). The molecular weight excluding hydrogens is 445 g/mol. The van der Waals surface area contributed by atoms with Crippen LogP contribution in [0.15, 0.2) is 53.4 Å². The lowest BCUT2D eigenvalue weighted by molar-refractivity contribution is -0.139. The van der Waals surface area contributed by atoms with Crippen LogP contribution in [-0.2, 0) is 26.2 Å². The van der Waals surface area contributed by atoms with Gasteiger partial charge >= 0.3 is 0 Å². The van der Waals surface area contributed by atoms with Crippen molar-refractivity contribution in [2.24, 2.45) is 0 Å². The minimum absolute atomic E-state index is 0.160. The van der Waals surface area contributed by atoms with E-state index in [1.807, 2.05) is 6.92 Å². The highest BCUT2D eigenvalue weighted by molar-refractivity contribution is 7.89. The molecular formula is C24H30FN3O4S. The molecule has 2 amide bonds. The summed E-state index contributed by atoms with van der Waals surface area (Å²) in [6.45, 7) is 4.21. The van der Waals surface area contributed by atoms with Gasteiger partial charge in [-0.15, -0.1) is 0 Å². The van der Waals surface area contributed by atoms with Crippen LogP contribution in [0, 0.1) is 12.7 Å². The maximum Gasteiger partial charge on any atom is 0.243 e. The van der Waals surface area contributed by atoms with E-state index in [0.717, 1.165) is 17.5 Å². The number of likely N-dealkylation sites (N-methyl/N-ethyl adjacent to an activating group) is 1. The van der Waals surface area contributed by atoms with E-state index in [1.54, 1.807) is 43.3 Å². The summed E-state index contributed by atoms with van der Waals surface area (Å²) in [4.78, 5) is 27.3. The molecule has 9 heteroatoms. The molecule has 1 aliphatic heterocycles. The quantitative estimate of drug-likeness (QED) is 0.636. The normalized spacial score (nSPS) is 16.9. The first-order chi connectivity index (χ1) is 15.7. The van der Waals surface area contributed by atoms with Crippen LogP contribution in [0.25, 0.3) is 0 Å². The van der Waals surface area contributed by atoms with E-state index >= 15 is 0 Å². The van der Waals surface area contributed by atoms with E-state index in [-0.39, 0.29) is 48.7 Å².